The van der Waals surface area contributed by atoms with Crippen LogP contribution in [0.1, 0.15) is 11.1 Å². The standard InChI is InChI=1S/C14H22N2O2/c1-10-4-12(13(17-3)5-11(10)2)16-7-14(6-15)8-18-9-14/h4-5,16H,6-9,15H2,1-3H3. The van der Waals surface area contributed by atoms with E-state index in [-0.39, 0.29) is 5.41 Å². The molecule has 0 aliphatic carbocycles. The number of nitrogens with one attached hydrogen (secondary N) is 1. The SMILES string of the molecule is COc1cc(C)c(C)cc1NCC1(CN)COC1. The molecule has 0 radical (unpaired) electrons. The fourth-order valence-electron chi connectivity index (χ4n) is 2.06. The molecule has 0 saturated carbocycles. The molecule has 0 unspecified atom stereocenters. The maximum atomic E-state index is 5.81. The molecule has 1 aromatic carbocycles. The third-order valence-corrected chi connectivity index (χ3v) is 3.72. The number of nitrogens with two attached hydrogens (primary N) is 1. The van der Waals surface area contributed by atoms with Crippen LogP contribution in [0.25, 0.3) is 0 Å². The third kappa shape index (κ3) is 2.44. The number of methoxy groups -OCH3 is 1. The van der Waals surface area contributed by atoms with Crippen LogP contribution < -0.4 is 15.8 Å². The molecular weight excluding hydrogens is 228 g/mol. The molecular formula is C14H22N2O2. The van der Waals surface area contributed by atoms with E-state index in [9.17, 15) is 0 Å². The summed E-state index contributed by atoms with van der Waals surface area (Å²) in [4.78, 5) is 0. The highest BCUT2D eigenvalue weighted by Gasteiger charge is 2.37. The van der Waals surface area contributed by atoms with Gasteiger partial charge in [0.25, 0.3) is 0 Å². The van der Waals surface area contributed by atoms with Crippen LogP contribution in [-0.4, -0.2) is 33.4 Å². The Morgan fingerprint density at radius 2 is 2.00 bits per heavy atom. The number of hydrogen-bond donors (Lipinski definition) is 2. The molecule has 1 aliphatic rings. The molecule has 18 heavy (non-hydrogen) atoms. The minimum atomic E-state index is 0.0871. The van der Waals surface area contributed by atoms with Gasteiger partial charge in [0, 0.05) is 18.5 Å². The zero-order chi connectivity index (χ0) is 13.2. The van der Waals surface area contributed by atoms with Gasteiger partial charge in [-0.1, -0.05) is 0 Å². The van der Waals surface area contributed by atoms with E-state index in [4.69, 9.17) is 15.2 Å². The normalized spacial score (nSPS) is 17.1. The molecule has 2 rings (SSSR count). The van der Waals surface area contributed by atoms with Gasteiger partial charge in [-0.3, -0.25) is 0 Å². The largest absolute Gasteiger partial charge is 0.495 e. The summed E-state index contributed by atoms with van der Waals surface area (Å²) < 4.78 is 10.7. The summed E-state index contributed by atoms with van der Waals surface area (Å²) in [6.45, 7) is 7.14. The number of benzene rings is 1. The minimum absolute atomic E-state index is 0.0871. The second-order valence-electron chi connectivity index (χ2n) is 5.19. The third-order valence-electron chi connectivity index (χ3n) is 3.72. The van der Waals surface area contributed by atoms with Crippen molar-refractivity contribution in [3.05, 3.63) is 23.3 Å². The van der Waals surface area contributed by atoms with Crippen molar-refractivity contribution < 1.29 is 9.47 Å². The van der Waals surface area contributed by atoms with Gasteiger partial charge in [-0.25, -0.2) is 0 Å². The van der Waals surface area contributed by atoms with Crippen LogP contribution in [0.3, 0.4) is 0 Å². The van der Waals surface area contributed by atoms with E-state index in [0.29, 0.717) is 6.54 Å². The summed E-state index contributed by atoms with van der Waals surface area (Å²) in [6.07, 6.45) is 0. The molecule has 1 saturated heterocycles. The highest BCUT2D eigenvalue weighted by atomic mass is 16.5. The molecule has 4 heteroatoms. The van der Waals surface area contributed by atoms with Crippen LogP contribution >= 0.6 is 0 Å². The van der Waals surface area contributed by atoms with Gasteiger partial charge in [-0.2, -0.15) is 0 Å². The van der Waals surface area contributed by atoms with Gasteiger partial charge in [0.05, 0.1) is 26.0 Å². The van der Waals surface area contributed by atoms with Crippen molar-refractivity contribution in [2.75, 3.05) is 38.7 Å². The maximum Gasteiger partial charge on any atom is 0.142 e. The zero-order valence-corrected chi connectivity index (χ0v) is 11.4. The Kier molecular flexibility index (Phi) is 3.78. The Balaban J connectivity index is 2.11. The Hall–Kier alpha value is -1.26. The minimum Gasteiger partial charge on any atom is -0.495 e. The first kappa shape index (κ1) is 13.2. The lowest BCUT2D eigenvalue weighted by Crippen LogP contribution is -2.52. The van der Waals surface area contributed by atoms with Crippen molar-refractivity contribution >= 4 is 5.69 Å². The Labute approximate surface area is 108 Å². The molecule has 0 aromatic heterocycles. The first-order chi connectivity index (χ1) is 8.60. The molecule has 1 heterocycles. The van der Waals surface area contributed by atoms with Crippen molar-refractivity contribution in [1.29, 1.82) is 0 Å². The maximum absolute atomic E-state index is 5.81. The van der Waals surface area contributed by atoms with Gasteiger partial charge in [-0.05, 0) is 37.1 Å². The van der Waals surface area contributed by atoms with E-state index in [1.54, 1.807) is 7.11 Å². The van der Waals surface area contributed by atoms with Crippen LogP contribution in [0.4, 0.5) is 5.69 Å². The van der Waals surface area contributed by atoms with Gasteiger partial charge in [0.2, 0.25) is 0 Å². The molecule has 4 nitrogen and oxygen atoms in total. The highest BCUT2D eigenvalue weighted by molar-refractivity contribution is 5.60. The monoisotopic (exact) mass is 250 g/mol. The van der Waals surface area contributed by atoms with Crippen molar-refractivity contribution in [2.24, 2.45) is 11.1 Å². The molecule has 0 bridgehead atoms. The van der Waals surface area contributed by atoms with Gasteiger partial charge in [0.15, 0.2) is 0 Å². The van der Waals surface area contributed by atoms with Crippen LogP contribution in [-0.2, 0) is 4.74 Å². The van der Waals surface area contributed by atoms with E-state index >= 15 is 0 Å². The quantitative estimate of drug-likeness (QED) is 0.835. The number of anilines is 1. The predicted molar refractivity (Wildman–Crippen MR) is 73.3 cm³/mol. The van der Waals surface area contributed by atoms with E-state index in [1.807, 2.05) is 0 Å². The Morgan fingerprint density at radius 1 is 1.33 bits per heavy atom. The molecule has 0 spiro atoms. The summed E-state index contributed by atoms with van der Waals surface area (Å²) >= 11 is 0. The molecule has 3 N–H and O–H groups in total. The van der Waals surface area contributed by atoms with E-state index in [1.165, 1.54) is 11.1 Å². The van der Waals surface area contributed by atoms with E-state index < -0.39 is 0 Å². The fraction of sp³-hybridized carbons (Fsp3) is 0.571. The molecule has 1 aliphatic heterocycles. The van der Waals surface area contributed by atoms with Crippen molar-refractivity contribution in [1.82, 2.24) is 0 Å². The van der Waals surface area contributed by atoms with Gasteiger partial charge >= 0.3 is 0 Å². The Bertz CT molecular complexity index is 423. The molecule has 1 fully saturated rings. The zero-order valence-electron chi connectivity index (χ0n) is 11.4. The first-order valence-corrected chi connectivity index (χ1v) is 6.27. The fourth-order valence-corrected chi connectivity index (χ4v) is 2.06. The average Bonchev–Trinajstić information content (AvgIpc) is 2.32. The van der Waals surface area contributed by atoms with Crippen LogP contribution in [0, 0.1) is 19.3 Å². The van der Waals surface area contributed by atoms with Gasteiger partial charge < -0.3 is 20.5 Å². The van der Waals surface area contributed by atoms with Crippen LogP contribution in [0.2, 0.25) is 0 Å². The van der Waals surface area contributed by atoms with Crippen LogP contribution in [0.15, 0.2) is 12.1 Å². The topological polar surface area (TPSA) is 56.5 Å². The lowest BCUT2D eigenvalue weighted by Gasteiger charge is -2.40. The second-order valence-corrected chi connectivity index (χ2v) is 5.19. The van der Waals surface area contributed by atoms with E-state index in [2.05, 4.69) is 31.3 Å². The molecule has 1 aromatic rings. The first-order valence-electron chi connectivity index (χ1n) is 6.27. The van der Waals surface area contributed by atoms with Gasteiger partial charge in [0.1, 0.15) is 5.75 Å². The van der Waals surface area contributed by atoms with Crippen molar-refractivity contribution in [2.45, 2.75) is 13.8 Å². The van der Waals surface area contributed by atoms with Gasteiger partial charge in [-0.15, -0.1) is 0 Å². The number of aryl methyl sites for hydroxylation is 2. The number of rotatable bonds is 5. The lowest BCUT2D eigenvalue weighted by molar-refractivity contribution is -0.0979. The summed E-state index contributed by atoms with van der Waals surface area (Å²) in [5.41, 5.74) is 9.41. The molecule has 0 atom stereocenters. The van der Waals surface area contributed by atoms with Crippen molar-refractivity contribution in [3.63, 3.8) is 0 Å². The smallest absolute Gasteiger partial charge is 0.142 e. The molecule has 0 amide bonds. The summed E-state index contributed by atoms with van der Waals surface area (Å²) in [5.74, 6) is 0.880. The second kappa shape index (κ2) is 5.16. The van der Waals surface area contributed by atoms with Crippen molar-refractivity contribution in [3.8, 4) is 5.75 Å². The number of ether oxygens (including phenoxy) is 2. The highest BCUT2D eigenvalue weighted by Crippen LogP contribution is 2.31. The van der Waals surface area contributed by atoms with E-state index in [0.717, 1.165) is 31.2 Å². The average molecular weight is 250 g/mol. The lowest BCUT2D eigenvalue weighted by atomic mass is 9.86. The summed E-state index contributed by atoms with van der Waals surface area (Å²) in [7, 11) is 1.69. The summed E-state index contributed by atoms with van der Waals surface area (Å²) in [5, 5.41) is 3.44. The van der Waals surface area contributed by atoms with Crippen LogP contribution in [0.5, 0.6) is 5.75 Å². The summed E-state index contributed by atoms with van der Waals surface area (Å²) in [6, 6.07) is 4.18. The predicted octanol–water partition coefficient (Wildman–Crippen LogP) is 1.70. The molecule has 100 valence electrons. The Morgan fingerprint density at radius 3 is 2.50 bits per heavy atom. The number of hydrogen-bond acceptors (Lipinski definition) is 4.